The van der Waals surface area contributed by atoms with Gasteiger partial charge in [-0.2, -0.15) is 4.98 Å². The van der Waals surface area contributed by atoms with E-state index in [0.717, 1.165) is 54.3 Å². The lowest BCUT2D eigenvalue weighted by Gasteiger charge is -2.29. The lowest BCUT2D eigenvalue weighted by Crippen LogP contribution is -2.43. The van der Waals surface area contributed by atoms with Crippen LogP contribution in [0.1, 0.15) is 23.2 Å². The lowest BCUT2D eigenvalue weighted by molar-refractivity contribution is 0.0917. The maximum absolute atomic E-state index is 12.6. The Morgan fingerprint density at radius 1 is 1.00 bits per heavy atom. The van der Waals surface area contributed by atoms with E-state index in [-0.39, 0.29) is 11.9 Å². The first-order chi connectivity index (χ1) is 16.6. The molecule has 0 aliphatic carbocycles. The van der Waals surface area contributed by atoms with Crippen molar-refractivity contribution in [1.82, 2.24) is 24.8 Å². The molecule has 2 aromatic carbocycles. The minimum Gasteiger partial charge on any atom is -0.497 e. The molecule has 0 atom stereocenters. The van der Waals surface area contributed by atoms with Crippen molar-refractivity contribution in [2.45, 2.75) is 18.9 Å². The summed E-state index contributed by atoms with van der Waals surface area (Å²) in [4.78, 5) is 19.5. The topological polar surface area (TPSA) is 83.8 Å². The van der Waals surface area contributed by atoms with Gasteiger partial charge in [-0.3, -0.25) is 4.79 Å². The maximum Gasteiger partial charge on any atom is 0.251 e. The fourth-order valence-corrected chi connectivity index (χ4v) is 4.19. The third kappa shape index (κ3) is 4.72. The summed E-state index contributed by atoms with van der Waals surface area (Å²) < 4.78 is 7.07. The number of aromatic nitrogens is 3. The zero-order chi connectivity index (χ0) is 23.5. The number of methoxy groups -OCH3 is 1. The van der Waals surface area contributed by atoms with Gasteiger partial charge in [0.1, 0.15) is 5.75 Å². The van der Waals surface area contributed by atoms with Gasteiger partial charge in [0.2, 0.25) is 5.95 Å². The number of carbonyl (C=O) groups is 1. The molecule has 5 rings (SSSR count). The number of rotatable bonds is 6. The molecule has 1 saturated heterocycles. The SMILES string of the molecule is COc1ccc(-c2cccc3nc(Nc4ccc(C(=O)NC5CCN(C)CC5)cc4)nn23)cc1. The van der Waals surface area contributed by atoms with Crippen molar-refractivity contribution in [1.29, 1.82) is 0 Å². The first-order valence-electron chi connectivity index (χ1n) is 11.5. The van der Waals surface area contributed by atoms with Crippen molar-refractivity contribution >= 4 is 23.2 Å². The molecule has 0 radical (unpaired) electrons. The second-order valence-electron chi connectivity index (χ2n) is 8.60. The van der Waals surface area contributed by atoms with Crippen LogP contribution in [-0.2, 0) is 0 Å². The standard InChI is InChI=1S/C26H28N6O2/c1-31-16-14-21(15-17-31)27-25(33)19-6-10-20(11-7-19)28-26-29-24-5-3-4-23(32(24)30-26)18-8-12-22(34-2)13-9-18/h3-13,21H,14-17H2,1-2H3,(H,27,33)(H,28,30). The second kappa shape index (κ2) is 9.52. The molecule has 3 heterocycles. The van der Waals surface area contributed by atoms with Crippen LogP contribution in [0, 0.1) is 0 Å². The van der Waals surface area contributed by atoms with Crippen molar-refractivity contribution in [3.8, 4) is 17.0 Å². The highest BCUT2D eigenvalue weighted by Crippen LogP contribution is 2.24. The van der Waals surface area contributed by atoms with E-state index >= 15 is 0 Å². The van der Waals surface area contributed by atoms with Crippen LogP contribution >= 0.6 is 0 Å². The van der Waals surface area contributed by atoms with Gasteiger partial charge in [-0.15, -0.1) is 5.10 Å². The number of benzene rings is 2. The number of carbonyl (C=O) groups excluding carboxylic acids is 1. The Balaban J connectivity index is 1.29. The zero-order valence-electron chi connectivity index (χ0n) is 19.4. The van der Waals surface area contributed by atoms with E-state index in [1.165, 1.54) is 0 Å². The van der Waals surface area contributed by atoms with E-state index < -0.39 is 0 Å². The van der Waals surface area contributed by atoms with Gasteiger partial charge in [0, 0.05) is 22.9 Å². The molecule has 8 heteroatoms. The predicted octanol–water partition coefficient (Wildman–Crippen LogP) is 3.97. The van der Waals surface area contributed by atoms with Crippen LogP contribution in [-0.4, -0.2) is 58.7 Å². The minimum atomic E-state index is -0.0314. The van der Waals surface area contributed by atoms with Crippen LogP contribution in [0.25, 0.3) is 16.9 Å². The van der Waals surface area contributed by atoms with Crippen LogP contribution < -0.4 is 15.4 Å². The summed E-state index contributed by atoms with van der Waals surface area (Å²) in [6, 6.07) is 21.4. The Labute approximate surface area is 198 Å². The molecule has 1 aliphatic heterocycles. The van der Waals surface area contributed by atoms with Gasteiger partial charge in [-0.05, 0) is 93.6 Å². The molecule has 0 spiro atoms. The van der Waals surface area contributed by atoms with E-state index in [1.807, 2.05) is 71.2 Å². The Kier molecular flexibility index (Phi) is 6.14. The number of hydrogen-bond donors (Lipinski definition) is 2. The molecule has 34 heavy (non-hydrogen) atoms. The zero-order valence-corrected chi connectivity index (χ0v) is 19.4. The fraction of sp³-hybridized carbons (Fsp3) is 0.269. The number of nitrogens with zero attached hydrogens (tertiary/aromatic N) is 4. The second-order valence-corrected chi connectivity index (χ2v) is 8.60. The van der Waals surface area contributed by atoms with Gasteiger partial charge in [-0.25, -0.2) is 4.52 Å². The smallest absolute Gasteiger partial charge is 0.251 e. The van der Waals surface area contributed by atoms with Crippen LogP contribution in [0.15, 0.2) is 66.7 Å². The number of likely N-dealkylation sites (tertiary alicyclic amines) is 1. The number of fused-ring (bicyclic) bond motifs is 1. The molecule has 8 nitrogen and oxygen atoms in total. The summed E-state index contributed by atoms with van der Waals surface area (Å²) in [6.45, 7) is 2.03. The van der Waals surface area contributed by atoms with E-state index in [9.17, 15) is 4.79 Å². The number of pyridine rings is 1. The van der Waals surface area contributed by atoms with Crippen LogP contribution in [0.3, 0.4) is 0 Å². The van der Waals surface area contributed by atoms with Crippen molar-refractivity contribution < 1.29 is 9.53 Å². The lowest BCUT2D eigenvalue weighted by atomic mass is 10.0. The van der Waals surface area contributed by atoms with E-state index in [2.05, 4.69) is 32.7 Å². The molecule has 2 aromatic heterocycles. The maximum atomic E-state index is 12.6. The minimum absolute atomic E-state index is 0.0314. The van der Waals surface area contributed by atoms with Gasteiger partial charge in [-0.1, -0.05) is 6.07 Å². The van der Waals surface area contributed by atoms with Gasteiger partial charge < -0.3 is 20.3 Å². The number of amides is 1. The van der Waals surface area contributed by atoms with Gasteiger partial charge in [0.05, 0.1) is 12.8 Å². The van der Waals surface area contributed by atoms with Gasteiger partial charge in [0.25, 0.3) is 5.91 Å². The average molecular weight is 457 g/mol. The van der Waals surface area contributed by atoms with Crippen molar-refractivity contribution in [2.75, 3.05) is 32.6 Å². The highest BCUT2D eigenvalue weighted by atomic mass is 16.5. The Morgan fingerprint density at radius 2 is 1.74 bits per heavy atom. The molecule has 4 aromatic rings. The van der Waals surface area contributed by atoms with Crippen LogP contribution in [0.2, 0.25) is 0 Å². The molecular weight excluding hydrogens is 428 g/mol. The molecule has 1 aliphatic rings. The van der Waals surface area contributed by atoms with Gasteiger partial charge in [0.15, 0.2) is 5.65 Å². The first kappa shape index (κ1) is 21.9. The van der Waals surface area contributed by atoms with E-state index in [1.54, 1.807) is 7.11 Å². The number of ether oxygens (including phenoxy) is 1. The number of hydrogen-bond acceptors (Lipinski definition) is 6. The quantitative estimate of drug-likeness (QED) is 0.457. The molecule has 0 bridgehead atoms. The van der Waals surface area contributed by atoms with Crippen molar-refractivity contribution in [3.05, 3.63) is 72.3 Å². The molecule has 174 valence electrons. The monoisotopic (exact) mass is 456 g/mol. The predicted molar refractivity (Wildman–Crippen MR) is 133 cm³/mol. The molecule has 0 saturated carbocycles. The van der Waals surface area contributed by atoms with Crippen LogP contribution in [0.5, 0.6) is 5.75 Å². The van der Waals surface area contributed by atoms with Gasteiger partial charge >= 0.3 is 0 Å². The number of piperidine rings is 1. The number of nitrogens with one attached hydrogen (secondary N) is 2. The largest absolute Gasteiger partial charge is 0.497 e. The Morgan fingerprint density at radius 3 is 2.44 bits per heavy atom. The molecular formula is C26H28N6O2. The van der Waals surface area contributed by atoms with E-state index in [0.29, 0.717) is 11.5 Å². The molecule has 0 unspecified atom stereocenters. The average Bonchev–Trinajstić information content (AvgIpc) is 3.28. The third-order valence-electron chi connectivity index (χ3n) is 6.20. The third-order valence-corrected chi connectivity index (χ3v) is 6.20. The fourth-order valence-electron chi connectivity index (χ4n) is 4.19. The number of anilines is 2. The summed E-state index contributed by atoms with van der Waals surface area (Å²) in [6.07, 6.45) is 1.97. The normalized spacial score (nSPS) is 14.8. The van der Waals surface area contributed by atoms with Crippen molar-refractivity contribution in [3.63, 3.8) is 0 Å². The molecule has 2 N–H and O–H groups in total. The summed E-state index contributed by atoms with van der Waals surface area (Å²) in [5.41, 5.74) is 4.15. The van der Waals surface area contributed by atoms with Crippen LogP contribution in [0.4, 0.5) is 11.6 Å². The Bertz CT molecular complexity index is 1280. The summed E-state index contributed by atoms with van der Waals surface area (Å²) in [5, 5.41) is 11.0. The van der Waals surface area contributed by atoms with Crippen molar-refractivity contribution in [2.24, 2.45) is 0 Å². The summed E-state index contributed by atoms with van der Waals surface area (Å²) in [5.74, 6) is 1.26. The highest BCUT2D eigenvalue weighted by Gasteiger charge is 2.19. The summed E-state index contributed by atoms with van der Waals surface area (Å²) >= 11 is 0. The molecule has 1 amide bonds. The highest BCUT2D eigenvalue weighted by molar-refractivity contribution is 5.94. The first-order valence-corrected chi connectivity index (χ1v) is 11.5. The molecule has 1 fully saturated rings. The summed E-state index contributed by atoms with van der Waals surface area (Å²) in [7, 11) is 3.77. The Hall–Kier alpha value is -3.91. The van der Waals surface area contributed by atoms with E-state index in [4.69, 9.17) is 4.74 Å².